The smallest absolute Gasteiger partial charge is 0.227 e. The maximum absolute atomic E-state index is 13.1. The van der Waals surface area contributed by atoms with Crippen LogP contribution in [0, 0.1) is 6.92 Å². The normalized spacial score (nSPS) is 17.0. The molecule has 1 aromatic heterocycles. The molecule has 0 saturated heterocycles. The van der Waals surface area contributed by atoms with Crippen LogP contribution in [0.25, 0.3) is 0 Å². The van der Waals surface area contributed by atoms with E-state index < -0.39 is 0 Å². The molecular weight excluding hydrogens is 528 g/mol. The lowest BCUT2D eigenvalue weighted by Crippen LogP contribution is -2.31. The lowest BCUT2D eigenvalue weighted by Gasteiger charge is -2.32. The van der Waals surface area contributed by atoms with Gasteiger partial charge in [-0.1, -0.05) is 48.5 Å². The molecule has 9 heteroatoms. The van der Waals surface area contributed by atoms with Gasteiger partial charge in [0.15, 0.2) is 17.3 Å². The van der Waals surface area contributed by atoms with E-state index in [1.807, 2.05) is 28.9 Å². The minimum atomic E-state index is -0.385. The Balaban J connectivity index is 1.55. The second kappa shape index (κ2) is 10.1. The maximum atomic E-state index is 13.1. The molecule has 1 unspecified atom stereocenters. The number of carbonyl (C=O) groups excluding carboxylic acids is 1. The number of benzene rings is 2. The number of methoxy groups -OCH3 is 1. The fourth-order valence-corrected chi connectivity index (χ4v) is 5.76. The number of carbonyl (C=O) groups is 1. The average molecular weight is 555 g/mol. The van der Waals surface area contributed by atoms with Gasteiger partial charge in [0.1, 0.15) is 12.6 Å². The predicted molar refractivity (Wildman–Crippen MR) is 140 cm³/mol. The predicted octanol–water partition coefficient (Wildman–Crippen LogP) is 6.07. The minimum absolute atomic E-state index is 0.143. The summed E-state index contributed by atoms with van der Waals surface area (Å²) in [6, 6.07) is 11.8. The Hall–Kier alpha value is -2.78. The van der Waals surface area contributed by atoms with Crippen molar-refractivity contribution in [3.63, 3.8) is 0 Å². The summed E-state index contributed by atoms with van der Waals surface area (Å²) in [5.74, 6) is 2.89. The third kappa shape index (κ3) is 4.71. The number of ether oxygens (including phenoxy) is 2. The first-order valence-electron chi connectivity index (χ1n) is 11.7. The van der Waals surface area contributed by atoms with Crippen LogP contribution in [0.15, 0.2) is 57.3 Å². The van der Waals surface area contributed by atoms with Gasteiger partial charge in [-0.2, -0.15) is 4.98 Å². The highest BCUT2D eigenvalue weighted by atomic mass is 79.9. The van der Waals surface area contributed by atoms with Crippen molar-refractivity contribution < 1.29 is 14.3 Å². The third-order valence-electron chi connectivity index (χ3n) is 6.16. The molecule has 0 saturated carbocycles. The molecule has 1 aliphatic carbocycles. The molecule has 2 aliphatic rings. The molecule has 1 N–H and O–H groups in total. The van der Waals surface area contributed by atoms with Gasteiger partial charge in [0.25, 0.3) is 0 Å². The molecule has 1 aliphatic heterocycles. The Morgan fingerprint density at radius 1 is 1.26 bits per heavy atom. The van der Waals surface area contributed by atoms with Crippen LogP contribution in [-0.2, 0) is 11.4 Å². The van der Waals surface area contributed by atoms with Crippen molar-refractivity contribution in [3.8, 4) is 11.5 Å². The van der Waals surface area contributed by atoms with E-state index in [1.54, 1.807) is 18.9 Å². The topological polar surface area (TPSA) is 78.3 Å². The molecule has 0 spiro atoms. The average Bonchev–Trinajstić information content (AvgIpc) is 3.24. The van der Waals surface area contributed by atoms with Crippen LogP contribution in [0.2, 0.25) is 0 Å². The van der Waals surface area contributed by atoms with Crippen LogP contribution in [0.5, 0.6) is 11.5 Å². The summed E-state index contributed by atoms with van der Waals surface area (Å²) in [7, 11) is 1.63. The molecule has 2 heterocycles. The van der Waals surface area contributed by atoms with E-state index in [0.717, 1.165) is 45.5 Å². The van der Waals surface area contributed by atoms with Crippen molar-refractivity contribution in [2.75, 3.05) is 18.2 Å². The maximum Gasteiger partial charge on any atom is 0.227 e. The van der Waals surface area contributed by atoms with E-state index in [4.69, 9.17) is 14.6 Å². The number of ketones is 1. The van der Waals surface area contributed by atoms with E-state index in [2.05, 4.69) is 52.2 Å². The number of nitrogens with zero attached hydrogens (tertiary/aromatic N) is 3. The summed E-state index contributed by atoms with van der Waals surface area (Å²) < 4.78 is 14.5. The number of nitrogens with one attached hydrogen (secondary N) is 1. The van der Waals surface area contributed by atoms with Gasteiger partial charge in [0, 0.05) is 17.7 Å². The highest BCUT2D eigenvalue weighted by Gasteiger charge is 2.37. The van der Waals surface area contributed by atoms with Gasteiger partial charge >= 0.3 is 0 Å². The number of hydrogen-bond acceptors (Lipinski definition) is 7. The Kier molecular flexibility index (Phi) is 6.88. The summed E-state index contributed by atoms with van der Waals surface area (Å²) in [6.07, 6.45) is 2.19. The summed E-state index contributed by atoms with van der Waals surface area (Å²) in [5.41, 5.74) is 4.85. The van der Waals surface area contributed by atoms with Gasteiger partial charge in [0.05, 0.1) is 11.6 Å². The molecule has 0 fully saturated rings. The van der Waals surface area contributed by atoms with E-state index >= 15 is 0 Å². The van der Waals surface area contributed by atoms with Crippen molar-refractivity contribution in [2.24, 2.45) is 0 Å². The highest BCUT2D eigenvalue weighted by Crippen LogP contribution is 2.45. The monoisotopic (exact) mass is 554 g/mol. The molecule has 0 bridgehead atoms. The molecular formula is C26H27BrN4O3S. The van der Waals surface area contributed by atoms with Crippen LogP contribution >= 0.6 is 27.7 Å². The van der Waals surface area contributed by atoms with Gasteiger partial charge < -0.3 is 14.8 Å². The molecule has 1 atom stereocenters. The molecule has 182 valence electrons. The standard InChI is InChI=1S/C26H27BrN4O3S/c1-4-35-26-29-25-28-19-9-6-10-20(32)22(19)23(31(25)30-26)17-12-18(27)24(21(13-17)33-3)34-14-16-8-5-7-15(2)11-16/h5,7-8,11-13,23H,4,6,9-10,14H2,1-3H3,(H,28,29,30). The SMILES string of the molecule is CCSc1nc2n(n1)C(c1cc(Br)c(OCc3cccc(C)c3)c(OC)c1)C1=C(CCCC1=O)N2. The molecule has 2 aromatic carbocycles. The van der Waals surface area contributed by atoms with Crippen LogP contribution < -0.4 is 14.8 Å². The first-order chi connectivity index (χ1) is 17.0. The summed E-state index contributed by atoms with van der Waals surface area (Å²) in [4.78, 5) is 17.8. The largest absolute Gasteiger partial charge is 0.493 e. The third-order valence-corrected chi connectivity index (χ3v) is 7.46. The number of hydrogen-bond donors (Lipinski definition) is 1. The van der Waals surface area contributed by atoms with Gasteiger partial charge in [-0.3, -0.25) is 4.79 Å². The number of rotatable bonds is 7. The number of fused-ring (bicyclic) bond motifs is 1. The number of allylic oxidation sites excluding steroid dienone is 2. The van der Waals surface area contributed by atoms with Crippen molar-refractivity contribution in [1.82, 2.24) is 14.8 Å². The number of aryl methyl sites for hydroxylation is 1. The first kappa shape index (κ1) is 23.9. The number of aromatic nitrogens is 3. The Morgan fingerprint density at radius 2 is 2.11 bits per heavy atom. The second-order valence-electron chi connectivity index (χ2n) is 8.60. The van der Waals surface area contributed by atoms with Crippen molar-refractivity contribution in [2.45, 2.75) is 50.9 Å². The summed E-state index contributed by atoms with van der Waals surface area (Å²) in [5, 5.41) is 8.81. The Labute approximate surface area is 217 Å². The van der Waals surface area contributed by atoms with Gasteiger partial charge in [-0.05, 0) is 64.7 Å². The van der Waals surface area contributed by atoms with Crippen LogP contribution in [0.3, 0.4) is 0 Å². The van der Waals surface area contributed by atoms with Crippen molar-refractivity contribution in [1.29, 1.82) is 0 Å². The molecule has 0 radical (unpaired) electrons. The van der Waals surface area contributed by atoms with Crippen LogP contribution in [-0.4, -0.2) is 33.4 Å². The zero-order valence-corrected chi connectivity index (χ0v) is 22.3. The molecule has 7 nitrogen and oxygen atoms in total. The molecule has 35 heavy (non-hydrogen) atoms. The van der Waals surface area contributed by atoms with E-state index in [-0.39, 0.29) is 11.8 Å². The van der Waals surface area contributed by atoms with E-state index in [1.165, 1.54) is 5.56 Å². The quantitative estimate of drug-likeness (QED) is 0.355. The van der Waals surface area contributed by atoms with E-state index in [0.29, 0.717) is 35.6 Å². The number of halogens is 1. The van der Waals surface area contributed by atoms with Gasteiger partial charge in [0.2, 0.25) is 11.1 Å². The lowest BCUT2D eigenvalue weighted by molar-refractivity contribution is -0.116. The van der Waals surface area contributed by atoms with Crippen molar-refractivity contribution in [3.05, 3.63) is 68.8 Å². The van der Waals surface area contributed by atoms with Crippen molar-refractivity contribution >= 4 is 39.4 Å². The fraction of sp³-hybridized carbons (Fsp3) is 0.346. The Bertz CT molecular complexity index is 1320. The molecule has 0 amide bonds. The number of thioether (sulfide) groups is 1. The summed E-state index contributed by atoms with van der Waals surface area (Å²) in [6.45, 7) is 4.55. The zero-order valence-electron chi connectivity index (χ0n) is 19.9. The Morgan fingerprint density at radius 3 is 2.89 bits per heavy atom. The highest BCUT2D eigenvalue weighted by molar-refractivity contribution is 9.10. The molecule has 5 rings (SSSR count). The van der Waals surface area contributed by atoms with Crippen LogP contribution in [0.4, 0.5) is 5.95 Å². The van der Waals surface area contributed by atoms with Gasteiger partial charge in [-0.15, -0.1) is 5.10 Å². The lowest BCUT2D eigenvalue weighted by atomic mass is 9.85. The van der Waals surface area contributed by atoms with Crippen LogP contribution in [0.1, 0.15) is 48.9 Å². The van der Waals surface area contributed by atoms with E-state index in [9.17, 15) is 4.79 Å². The zero-order chi connectivity index (χ0) is 24.5. The fourth-order valence-electron chi connectivity index (χ4n) is 4.63. The summed E-state index contributed by atoms with van der Waals surface area (Å²) >= 11 is 5.27. The minimum Gasteiger partial charge on any atom is -0.493 e. The number of anilines is 1. The molecule has 3 aromatic rings. The number of Topliss-reactive ketones (excluding diaryl/α,β-unsaturated/α-hetero) is 1. The second-order valence-corrected chi connectivity index (χ2v) is 10.7. The van der Waals surface area contributed by atoms with Gasteiger partial charge in [-0.25, -0.2) is 4.68 Å². The first-order valence-corrected chi connectivity index (χ1v) is 13.4.